The summed E-state index contributed by atoms with van der Waals surface area (Å²) in [6.45, 7) is -1.36. The molecule has 226 valence electrons. The van der Waals surface area contributed by atoms with Gasteiger partial charge in [-0.25, -0.2) is 19.2 Å². The molecule has 4 aromatic carbocycles. The third-order valence-corrected chi connectivity index (χ3v) is 6.40. The number of esters is 4. The van der Waals surface area contributed by atoms with Crippen LogP contribution in [0.1, 0.15) is 41.4 Å². The van der Waals surface area contributed by atoms with E-state index in [-0.39, 0.29) is 22.3 Å². The van der Waals surface area contributed by atoms with E-state index in [9.17, 15) is 29.4 Å². The van der Waals surface area contributed by atoms with E-state index < -0.39 is 61.5 Å². The Kier molecular flexibility index (Phi) is 11.3. The molecule has 0 heterocycles. The van der Waals surface area contributed by atoms with Crippen LogP contribution in [0.4, 0.5) is 0 Å². The van der Waals surface area contributed by atoms with Crippen LogP contribution in [0.3, 0.4) is 0 Å². The molecular formula is C34H30O10. The predicted octanol–water partition coefficient (Wildman–Crippen LogP) is 3.87. The summed E-state index contributed by atoms with van der Waals surface area (Å²) in [5.74, 6) is -3.33. The van der Waals surface area contributed by atoms with Crippen molar-refractivity contribution in [2.75, 3.05) is 13.2 Å². The summed E-state index contributed by atoms with van der Waals surface area (Å²) in [6, 6.07) is 31.6. The van der Waals surface area contributed by atoms with E-state index in [0.717, 1.165) is 0 Å². The summed E-state index contributed by atoms with van der Waals surface area (Å²) < 4.78 is 21.6. The number of aliphatic hydroxyl groups is 2. The Labute approximate surface area is 253 Å². The molecule has 0 spiro atoms. The Morgan fingerprint density at radius 1 is 0.477 bits per heavy atom. The molecule has 0 saturated heterocycles. The minimum atomic E-state index is -1.94. The van der Waals surface area contributed by atoms with Crippen molar-refractivity contribution in [3.8, 4) is 0 Å². The summed E-state index contributed by atoms with van der Waals surface area (Å²) in [7, 11) is 0. The second-order valence-corrected chi connectivity index (χ2v) is 9.53. The highest BCUT2D eigenvalue weighted by atomic mass is 16.6. The normalized spacial score (nSPS) is 13.4. The van der Waals surface area contributed by atoms with Crippen molar-refractivity contribution in [3.05, 3.63) is 144 Å². The maximum atomic E-state index is 13.0. The molecule has 10 nitrogen and oxygen atoms in total. The van der Waals surface area contributed by atoms with Gasteiger partial charge >= 0.3 is 23.9 Å². The quantitative estimate of drug-likeness (QED) is 0.172. The highest BCUT2D eigenvalue weighted by Crippen LogP contribution is 2.19. The number of carbonyl (C=O) groups is 4. The number of rotatable bonds is 13. The van der Waals surface area contributed by atoms with Crippen molar-refractivity contribution >= 4 is 23.9 Å². The SMILES string of the molecule is O=C(OC[C@@H](O)[C@H](OC(=O)c1ccccc1)[C@H](O)[C@H](COC(=O)c1ccccc1)OC(=O)c1ccccc1)c1ccccc1. The smallest absolute Gasteiger partial charge is 0.338 e. The molecule has 0 aromatic heterocycles. The van der Waals surface area contributed by atoms with Crippen LogP contribution < -0.4 is 0 Å². The molecule has 4 rings (SSSR count). The first-order valence-corrected chi connectivity index (χ1v) is 13.7. The lowest BCUT2D eigenvalue weighted by Crippen LogP contribution is -2.51. The van der Waals surface area contributed by atoms with Crippen molar-refractivity contribution in [1.29, 1.82) is 0 Å². The fourth-order valence-electron chi connectivity index (χ4n) is 4.06. The fourth-order valence-corrected chi connectivity index (χ4v) is 4.06. The van der Waals surface area contributed by atoms with Gasteiger partial charge < -0.3 is 29.2 Å². The van der Waals surface area contributed by atoms with E-state index in [1.54, 1.807) is 72.8 Å². The lowest BCUT2D eigenvalue weighted by Gasteiger charge is -2.31. The number of aliphatic hydroxyl groups excluding tert-OH is 2. The van der Waals surface area contributed by atoms with Crippen LogP contribution in [0.5, 0.6) is 0 Å². The van der Waals surface area contributed by atoms with Crippen LogP contribution in [-0.4, -0.2) is 71.7 Å². The van der Waals surface area contributed by atoms with Crippen molar-refractivity contribution in [2.45, 2.75) is 24.4 Å². The van der Waals surface area contributed by atoms with Gasteiger partial charge in [0.15, 0.2) is 12.2 Å². The molecular weight excluding hydrogens is 568 g/mol. The van der Waals surface area contributed by atoms with Crippen LogP contribution >= 0.6 is 0 Å². The van der Waals surface area contributed by atoms with Gasteiger partial charge in [-0.3, -0.25) is 0 Å². The van der Waals surface area contributed by atoms with Crippen LogP contribution in [0.2, 0.25) is 0 Å². The van der Waals surface area contributed by atoms with Gasteiger partial charge in [0.25, 0.3) is 0 Å². The first kappa shape index (κ1) is 31.6. The Morgan fingerprint density at radius 2 is 0.818 bits per heavy atom. The molecule has 10 heteroatoms. The molecule has 0 amide bonds. The zero-order valence-corrected chi connectivity index (χ0v) is 23.4. The highest BCUT2D eigenvalue weighted by molar-refractivity contribution is 5.91. The van der Waals surface area contributed by atoms with Crippen LogP contribution in [0.15, 0.2) is 121 Å². The van der Waals surface area contributed by atoms with Crippen LogP contribution in [0.25, 0.3) is 0 Å². The topological polar surface area (TPSA) is 146 Å². The second kappa shape index (κ2) is 15.8. The Hall–Kier alpha value is -5.32. The lowest BCUT2D eigenvalue weighted by molar-refractivity contribution is -0.132. The molecule has 2 N–H and O–H groups in total. The van der Waals surface area contributed by atoms with E-state index in [0.29, 0.717) is 0 Å². The summed E-state index contributed by atoms with van der Waals surface area (Å²) in [5.41, 5.74) is 0.649. The van der Waals surface area contributed by atoms with E-state index in [1.807, 2.05) is 0 Å². The molecule has 0 unspecified atom stereocenters. The van der Waals surface area contributed by atoms with Gasteiger partial charge in [-0.1, -0.05) is 72.8 Å². The average molecular weight is 599 g/mol. The molecule has 0 aliphatic rings. The third kappa shape index (κ3) is 8.84. The largest absolute Gasteiger partial charge is 0.459 e. The van der Waals surface area contributed by atoms with Gasteiger partial charge in [0, 0.05) is 0 Å². The number of hydrogen-bond acceptors (Lipinski definition) is 10. The van der Waals surface area contributed by atoms with Crippen molar-refractivity contribution < 1.29 is 48.3 Å². The third-order valence-electron chi connectivity index (χ3n) is 6.40. The van der Waals surface area contributed by atoms with Gasteiger partial charge in [-0.05, 0) is 48.5 Å². The van der Waals surface area contributed by atoms with Gasteiger partial charge in [0.05, 0.1) is 22.3 Å². The van der Waals surface area contributed by atoms with Gasteiger partial charge in [0.1, 0.15) is 25.4 Å². The van der Waals surface area contributed by atoms with E-state index in [1.165, 1.54) is 48.5 Å². The van der Waals surface area contributed by atoms with E-state index in [4.69, 9.17) is 18.9 Å². The lowest BCUT2D eigenvalue weighted by atomic mass is 10.0. The molecule has 0 aliphatic heterocycles. The van der Waals surface area contributed by atoms with Gasteiger partial charge in [0.2, 0.25) is 0 Å². The average Bonchev–Trinajstić information content (AvgIpc) is 3.08. The number of carbonyl (C=O) groups excluding carboxylic acids is 4. The molecule has 0 aliphatic carbocycles. The maximum Gasteiger partial charge on any atom is 0.338 e. The number of benzene rings is 4. The van der Waals surface area contributed by atoms with Gasteiger partial charge in [-0.2, -0.15) is 0 Å². The Morgan fingerprint density at radius 3 is 1.23 bits per heavy atom. The molecule has 0 fully saturated rings. The van der Waals surface area contributed by atoms with E-state index >= 15 is 0 Å². The molecule has 0 saturated carbocycles. The Balaban J connectivity index is 1.57. The summed E-state index contributed by atoms with van der Waals surface area (Å²) in [6.07, 6.45) is -7.14. The zero-order valence-electron chi connectivity index (χ0n) is 23.4. The fraction of sp³-hybridized carbons (Fsp3) is 0.176. The van der Waals surface area contributed by atoms with Crippen molar-refractivity contribution in [3.63, 3.8) is 0 Å². The molecule has 4 aromatic rings. The van der Waals surface area contributed by atoms with Crippen molar-refractivity contribution in [1.82, 2.24) is 0 Å². The molecule has 0 radical (unpaired) electrons. The minimum Gasteiger partial charge on any atom is -0.459 e. The van der Waals surface area contributed by atoms with Gasteiger partial charge in [-0.15, -0.1) is 0 Å². The monoisotopic (exact) mass is 598 g/mol. The first-order valence-electron chi connectivity index (χ1n) is 13.7. The molecule has 44 heavy (non-hydrogen) atoms. The summed E-state index contributed by atoms with van der Waals surface area (Å²) in [5, 5.41) is 22.5. The standard InChI is InChI=1S/C34H30O10/c35-27(21-41-31(37)23-13-5-1-6-14-23)30(44-34(40)26-19-11-4-12-20-26)29(36)28(43-33(39)25-17-9-3-10-18-25)22-42-32(38)24-15-7-2-8-16-24/h1-20,27-30,35-36H,21-22H2/t27-,28+,29-,30+/m1/s1. The maximum absolute atomic E-state index is 13.0. The molecule has 0 bridgehead atoms. The molecule has 4 atom stereocenters. The van der Waals surface area contributed by atoms with Crippen LogP contribution in [-0.2, 0) is 18.9 Å². The Bertz CT molecular complexity index is 1510. The number of hydrogen-bond donors (Lipinski definition) is 2. The highest BCUT2D eigenvalue weighted by Gasteiger charge is 2.40. The predicted molar refractivity (Wildman–Crippen MR) is 157 cm³/mol. The number of ether oxygens (including phenoxy) is 4. The second-order valence-electron chi connectivity index (χ2n) is 9.53. The zero-order chi connectivity index (χ0) is 31.3. The van der Waals surface area contributed by atoms with Crippen molar-refractivity contribution in [2.24, 2.45) is 0 Å². The first-order chi connectivity index (χ1) is 21.3. The summed E-state index contributed by atoms with van der Waals surface area (Å²) >= 11 is 0. The summed E-state index contributed by atoms with van der Waals surface area (Å²) in [4.78, 5) is 51.1. The van der Waals surface area contributed by atoms with Crippen LogP contribution in [0, 0.1) is 0 Å². The van der Waals surface area contributed by atoms with E-state index in [2.05, 4.69) is 0 Å². The minimum absolute atomic E-state index is 0.103.